The van der Waals surface area contributed by atoms with Gasteiger partial charge in [0, 0.05) is 26.2 Å². The van der Waals surface area contributed by atoms with Crippen molar-refractivity contribution >= 4 is 11.9 Å². The van der Waals surface area contributed by atoms with Crippen LogP contribution in [0.2, 0.25) is 0 Å². The molecule has 7 heteroatoms. The molecule has 0 aromatic heterocycles. The average Bonchev–Trinajstić information content (AvgIpc) is 2.48. The van der Waals surface area contributed by atoms with Gasteiger partial charge in [-0.2, -0.15) is 0 Å². The fourth-order valence-corrected chi connectivity index (χ4v) is 2.33. The van der Waals surface area contributed by atoms with Crippen molar-refractivity contribution in [3.63, 3.8) is 0 Å². The van der Waals surface area contributed by atoms with Gasteiger partial charge in [-0.05, 0) is 25.1 Å². The molecule has 1 fully saturated rings. The molecule has 1 aliphatic rings. The highest BCUT2D eigenvalue weighted by Gasteiger charge is 2.28. The van der Waals surface area contributed by atoms with Gasteiger partial charge in [-0.15, -0.1) is 0 Å². The van der Waals surface area contributed by atoms with Crippen LogP contribution in [0.3, 0.4) is 0 Å². The highest BCUT2D eigenvalue weighted by Crippen LogP contribution is 2.24. The Morgan fingerprint density at radius 3 is 2.33 bits per heavy atom. The Labute approximate surface area is 122 Å². The predicted octanol–water partition coefficient (Wildman–Crippen LogP) is 0.329. The molecule has 0 radical (unpaired) electrons. The number of aromatic hydroxyl groups is 2. The van der Waals surface area contributed by atoms with Gasteiger partial charge >= 0.3 is 5.97 Å². The van der Waals surface area contributed by atoms with Crippen molar-refractivity contribution in [3.05, 3.63) is 23.8 Å². The summed E-state index contributed by atoms with van der Waals surface area (Å²) in [6.45, 7) is 3.29. The number of carbonyl (C=O) groups excluding carboxylic acids is 1. The second kappa shape index (κ2) is 6.01. The fraction of sp³-hybridized carbons (Fsp3) is 0.429. The van der Waals surface area contributed by atoms with Gasteiger partial charge in [0.1, 0.15) is 17.5 Å². The largest absolute Gasteiger partial charge is 0.508 e. The SMILES string of the molecule is CC(C(=O)O)N1CCN(C(=O)c2cc(O)ccc2O)CC1. The summed E-state index contributed by atoms with van der Waals surface area (Å²) in [6, 6.07) is 3.21. The van der Waals surface area contributed by atoms with Crippen molar-refractivity contribution in [2.24, 2.45) is 0 Å². The molecule has 114 valence electrons. The summed E-state index contributed by atoms with van der Waals surface area (Å²) in [4.78, 5) is 26.6. The number of phenolic OH excluding ortho intramolecular Hbond substituents is 2. The summed E-state index contributed by atoms with van der Waals surface area (Å²) in [5.74, 6) is -1.53. The molecule has 2 rings (SSSR count). The summed E-state index contributed by atoms with van der Waals surface area (Å²) in [6.07, 6.45) is 0. The molecular weight excluding hydrogens is 276 g/mol. The van der Waals surface area contributed by atoms with Gasteiger partial charge in [0.15, 0.2) is 0 Å². The highest BCUT2D eigenvalue weighted by molar-refractivity contribution is 5.97. The molecule has 1 amide bonds. The second-order valence-electron chi connectivity index (χ2n) is 5.04. The Hall–Kier alpha value is -2.28. The van der Waals surface area contributed by atoms with E-state index in [0.29, 0.717) is 26.2 Å². The standard InChI is InChI=1S/C14H18N2O5/c1-9(14(20)21)15-4-6-16(7-5-15)13(19)11-8-10(17)2-3-12(11)18/h2-3,8-9,17-18H,4-7H2,1H3,(H,20,21). The van der Waals surface area contributed by atoms with E-state index in [1.54, 1.807) is 16.7 Å². The number of piperazine rings is 1. The van der Waals surface area contributed by atoms with Crippen LogP contribution in [-0.2, 0) is 4.79 Å². The van der Waals surface area contributed by atoms with Crippen molar-refractivity contribution in [2.45, 2.75) is 13.0 Å². The molecule has 1 aromatic carbocycles. The van der Waals surface area contributed by atoms with Crippen LogP contribution in [0.1, 0.15) is 17.3 Å². The van der Waals surface area contributed by atoms with Gasteiger partial charge < -0.3 is 20.2 Å². The minimum atomic E-state index is -0.889. The molecule has 0 spiro atoms. The minimum Gasteiger partial charge on any atom is -0.508 e. The number of hydrogen-bond acceptors (Lipinski definition) is 5. The van der Waals surface area contributed by atoms with E-state index in [4.69, 9.17) is 5.11 Å². The lowest BCUT2D eigenvalue weighted by atomic mass is 10.1. The quantitative estimate of drug-likeness (QED) is 0.694. The van der Waals surface area contributed by atoms with Crippen LogP contribution in [0.25, 0.3) is 0 Å². The number of nitrogens with zero attached hydrogens (tertiary/aromatic N) is 2. The number of carboxylic acid groups (broad SMARTS) is 1. The number of phenols is 2. The first kappa shape index (κ1) is 15.1. The smallest absolute Gasteiger partial charge is 0.320 e. The molecule has 21 heavy (non-hydrogen) atoms. The van der Waals surface area contributed by atoms with Crippen LogP contribution in [0.15, 0.2) is 18.2 Å². The molecule has 0 bridgehead atoms. The summed E-state index contributed by atoms with van der Waals surface area (Å²) in [7, 11) is 0. The molecule has 1 heterocycles. The maximum atomic E-state index is 12.3. The third-order valence-corrected chi connectivity index (χ3v) is 3.72. The first-order chi connectivity index (χ1) is 9.90. The Kier molecular flexibility index (Phi) is 4.32. The van der Waals surface area contributed by atoms with Gasteiger partial charge in [0.2, 0.25) is 0 Å². The van der Waals surface area contributed by atoms with Gasteiger partial charge in [-0.1, -0.05) is 0 Å². The van der Waals surface area contributed by atoms with Crippen molar-refractivity contribution < 1.29 is 24.9 Å². The Bertz CT molecular complexity index is 552. The maximum Gasteiger partial charge on any atom is 0.320 e. The normalized spacial score (nSPS) is 17.5. The van der Waals surface area contributed by atoms with Gasteiger partial charge in [-0.25, -0.2) is 0 Å². The first-order valence-electron chi connectivity index (χ1n) is 6.68. The van der Waals surface area contributed by atoms with E-state index in [1.165, 1.54) is 18.2 Å². The highest BCUT2D eigenvalue weighted by atomic mass is 16.4. The van der Waals surface area contributed by atoms with Gasteiger partial charge in [-0.3, -0.25) is 14.5 Å². The maximum absolute atomic E-state index is 12.3. The number of carbonyl (C=O) groups is 2. The predicted molar refractivity (Wildman–Crippen MR) is 74.3 cm³/mol. The Balaban J connectivity index is 2.03. The topological polar surface area (TPSA) is 101 Å². The van der Waals surface area contributed by atoms with Crippen LogP contribution >= 0.6 is 0 Å². The third kappa shape index (κ3) is 3.25. The minimum absolute atomic E-state index is 0.0507. The van der Waals surface area contributed by atoms with Crippen molar-refractivity contribution in [3.8, 4) is 11.5 Å². The Morgan fingerprint density at radius 1 is 1.14 bits per heavy atom. The summed E-state index contributed by atoms with van der Waals surface area (Å²) >= 11 is 0. The van der Waals surface area contributed by atoms with Crippen LogP contribution in [0, 0.1) is 0 Å². The lowest BCUT2D eigenvalue weighted by Crippen LogP contribution is -2.53. The van der Waals surface area contributed by atoms with E-state index in [1.807, 2.05) is 0 Å². The summed E-state index contributed by atoms with van der Waals surface area (Å²) in [5, 5.41) is 28.1. The molecule has 3 N–H and O–H groups in total. The molecule has 1 saturated heterocycles. The van der Waals surface area contributed by atoms with Crippen LogP contribution in [-0.4, -0.2) is 69.2 Å². The number of rotatable bonds is 3. The third-order valence-electron chi connectivity index (χ3n) is 3.72. The van der Waals surface area contributed by atoms with E-state index in [-0.39, 0.29) is 23.0 Å². The van der Waals surface area contributed by atoms with Gasteiger partial charge in [0.05, 0.1) is 5.56 Å². The van der Waals surface area contributed by atoms with Crippen LogP contribution in [0.5, 0.6) is 11.5 Å². The molecule has 1 atom stereocenters. The van der Waals surface area contributed by atoms with E-state index in [2.05, 4.69) is 0 Å². The zero-order valence-electron chi connectivity index (χ0n) is 11.7. The van der Waals surface area contributed by atoms with E-state index < -0.39 is 12.0 Å². The molecule has 1 unspecified atom stereocenters. The molecule has 1 aromatic rings. The second-order valence-corrected chi connectivity index (χ2v) is 5.04. The lowest BCUT2D eigenvalue weighted by Gasteiger charge is -2.36. The van der Waals surface area contributed by atoms with Crippen molar-refractivity contribution in [2.75, 3.05) is 26.2 Å². The fourth-order valence-electron chi connectivity index (χ4n) is 2.33. The molecule has 7 nitrogen and oxygen atoms in total. The number of benzene rings is 1. The summed E-state index contributed by atoms with van der Waals surface area (Å²) in [5.41, 5.74) is 0.0507. The molecular formula is C14H18N2O5. The molecule has 0 aliphatic carbocycles. The first-order valence-corrected chi connectivity index (χ1v) is 6.68. The van der Waals surface area contributed by atoms with Gasteiger partial charge in [0.25, 0.3) is 5.91 Å². The van der Waals surface area contributed by atoms with E-state index in [9.17, 15) is 19.8 Å². The van der Waals surface area contributed by atoms with Crippen LogP contribution in [0.4, 0.5) is 0 Å². The molecule has 0 saturated carbocycles. The monoisotopic (exact) mass is 294 g/mol. The summed E-state index contributed by atoms with van der Waals surface area (Å²) < 4.78 is 0. The number of hydrogen-bond donors (Lipinski definition) is 3. The number of aliphatic carboxylic acids is 1. The lowest BCUT2D eigenvalue weighted by molar-refractivity contribution is -0.143. The zero-order chi connectivity index (χ0) is 15.6. The van der Waals surface area contributed by atoms with E-state index >= 15 is 0 Å². The van der Waals surface area contributed by atoms with Crippen LogP contribution < -0.4 is 0 Å². The Morgan fingerprint density at radius 2 is 1.76 bits per heavy atom. The van der Waals surface area contributed by atoms with Crippen molar-refractivity contribution in [1.29, 1.82) is 0 Å². The van der Waals surface area contributed by atoms with E-state index in [0.717, 1.165) is 0 Å². The number of carboxylic acids is 1. The average molecular weight is 294 g/mol. The van der Waals surface area contributed by atoms with Crippen molar-refractivity contribution in [1.82, 2.24) is 9.80 Å². The molecule has 1 aliphatic heterocycles. The number of amides is 1. The zero-order valence-corrected chi connectivity index (χ0v) is 11.7.